The molecule has 1 aliphatic heterocycles. The van der Waals surface area contributed by atoms with Gasteiger partial charge in [-0.05, 0) is 20.8 Å². The summed E-state index contributed by atoms with van der Waals surface area (Å²) in [5, 5.41) is 13.4. The first-order chi connectivity index (χ1) is 14.9. The van der Waals surface area contributed by atoms with Gasteiger partial charge < -0.3 is 10.2 Å². The third kappa shape index (κ3) is 3.34. The van der Waals surface area contributed by atoms with Gasteiger partial charge in [-0.15, -0.1) is 10.2 Å². The Morgan fingerprint density at radius 3 is 2.87 bits per heavy atom. The summed E-state index contributed by atoms with van der Waals surface area (Å²) < 4.78 is 9.02. The molecular formula is C20H26N10O. The van der Waals surface area contributed by atoms with Crippen LogP contribution in [0.15, 0.2) is 16.9 Å². The van der Waals surface area contributed by atoms with Gasteiger partial charge in [0.05, 0.1) is 11.9 Å². The Balaban J connectivity index is 1.36. The maximum Gasteiger partial charge on any atom is 0.245 e. The molecule has 1 aliphatic rings. The fourth-order valence-corrected chi connectivity index (χ4v) is 4.28. The number of nitrogen functional groups attached to an aromatic ring is 1. The van der Waals surface area contributed by atoms with Crippen molar-refractivity contribution in [2.24, 2.45) is 0 Å². The number of fused-ring (bicyclic) bond motifs is 2. The Morgan fingerprint density at radius 2 is 2.13 bits per heavy atom. The second-order valence-corrected chi connectivity index (χ2v) is 8.39. The van der Waals surface area contributed by atoms with E-state index in [1.807, 2.05) is 11.6 Å². The van der Waals surface area contributed by atoms with Gasteiger partial charge in [0.2, 0.25) is 11.8 Å². The fraction of sp³-hybridized carbons (Fsp3) is 0.500. The average Bonchev–Trinajstić information content (AvgIpc) is 3.48. The number of aromatic nitrogens is 8. The van der Waals surface area contributed by atoms with Gasteiger partial charge in [-0.3, -0.25) is 4.90 Å². The van der Waals surface area contributed by atoms with E-state index in [1.54, 1.807) is 10.7 Å². The molecule has 0 saturated heterocycles. The van der Waals surface area contributed by atoms with Crippen LogP contribution in [0.1, 0.15) is 55.5 Å². The minimum absolute atomic E-state index is 0.258. The van der Waals surface area contributed by atoms with Gasteiger partial charge in [0, 0.05) is 43.6 Å². The Morgan fingerprint density at radius 1 is 1.29 bits per heavy atom. The van der Waals surface area contributed by atoms with E-state index in [0.29, 0.717) is 35.6 Å². The van der Waals surface area contributed by atoms with Crippen LogP contribution in [0.4, 0.5) is 5.95 Å². The van der Waals surface area contributed by atoms with E-state index in [9.17, 15) is 0 Å². The number of rotatable bonds is 5. The van der Waals surface area contributed by atoms with Crippen molar-refractivity contribution >= 4 is 11.6 Å². The zero-order valence-electron chi connectivity index (χ0n) is 18.1. The lowest BCUT2D eigenvalue weighted by atomic mass is 9.99. The Labute approximate surface area is 179 Å². The lowest BCUT2D eigenvalue weighted by Gasteiger charge is -2.30. The summed E-state index contributed by atoms with van der Waals surface area (Å²) in [4.78, 5) is 15.7. The molecule has 5 heterocycles. The normalized spacial score (nSPS) is 17.0. The van der Waals surface area contributed by atoms with Crippen LogP contribution in [0.5, 0.6) is 0 Å². The standard InChI is InChI=1S/C20H26N10O/c1-11(2)29-17-12(3)9-28(10-14(17)25-27-29)7-5-15-23-18-13(4)16(19-22-6-8-31-19)24-20(21)30(18)26-15/h6,8,11-12H,5,7,9-10H2,1-4H3,(H2,21,24). The van der Waals surface area contributed by atoms with Crippen molar-refractivity contribution < 1.29 is 4.42 Å². The van der Waals surface area contributed by atoms with Crippen LogP contribution in [0, 0.1) is 6.92 Å². The highest BCUT2D eigenvalue weighted by Gasteiger charge is 2.28. The summed E-state index contributed by atoms with van der Waals surface area (Å²) in [5.74, 6) is 1.78. The highest BCUT2D eigenvalue weighted by Crippen LogP contribution is 2.28. The summed E-state index contributed by atoms with van der Waals surface area (Å²) in [7, 11) is 0. The van der Waals surface area contributed by atoms with Crippen LogP contribution in [0.2, 0.25) is 0 Å². The van der Waals surface area contributed by atoms with Gasteiger partial charge in [0.25, 0.3) is 0 Å². The Hall–Kier alpha value is -3.34. The number of hydrogen-bond acceptors (Lipinski definition) is 9. The van der Waals surface area contributed by atoms with Crippen molar-refractivity contribution in [2.75, 3.05) is 18.8 Å². The SMILES string of the molecule is Cc1c(-c2ncco2)nc(N)n2nc(CCN3Cc4nnn(C(C)C)c4C(C)C3)nc12. The number of oxazole rings is 1. The summed E-state index contributed by atoms with van der Waals surface area (Å²) in [6.07, 6.45) is 3.79. The minimum Gasteiger partial charge on any atom is -0.443 e. The van der Waals surface area contributed by atoms with E-state index in [2.05, 4.69) is 51.0 Å². The molecule has 11 nitrogen and oxygen atoms in total. The second-order valence-electron chi connectivity index (χ2n) is 8.39. The highest BCUT2D eigenvalue weighted by molar-refractivity contribution is 5.65. The molecular weight excluding hydrogens is 396 g/mol. The second kappa shape index (κ2) is 7.41. The highest BCUT2D eigenvalue weighted by atomic mass is 16.3. The van der Waals surface area contributed by atoms with Gasteiger partial charge in [-0.1, -0.05) is 12.1 Å². The van der Waals surface area contributed by atoms with Crippen LogP contribution in [0.3, 0.4) is 0 Å². The number of anilines is 1. The van der Waals surface area contributed by atoms with Crippen LogP contribution >= 0.6 is 0 Å². The molecule has 1 atom stereocenters. The number of aryl methyl sites for hydroxylation is 1. The van der Waals surface area contributed by atoms with Crippen molar-refractivity contribution in [1.82, 2.24) is 44.5 Å². The van der Waals surface area contributed by atoms with Gasteiger partial charge in [-0.2, -0.15) is 4.52 Å². The van der Waals surface area contributed by atoms with Crippen molar-refractivity contribution in [3.8, 4) is 11.6 Å². The minimum atomic E-state index is 0.258. The van der Waals surface area contributed by atoms with E-state index in [-0.39, 0.29) is 5.95 Å². The van der Waals surface area contributed by atoms with Crippen molar-refractivity contribution in [1.29, 1.82) is 0 Å². The van der Waals surface area contributed by atoms with Crippen LogP contribution in [-0.4, -0.2) is 57.5 Å². The topological polar surface area (TPSA) is 129 Å². The first-order valence-electron chi connectivity index (χ1n) is 10.5. The van der Waals surface area contributed by atoms with Gasteiger partial charge >= 0.3 is 0 Å². The summed E-state index contributed by atoms with van der Waals surface area (Å²) in [6.45, 7) is 11.0. The smallest absolute Gasteiger partial charge is 0.245 e. The van der Waals surface area contributed by atoms with E-state index in [1.165, 1.54) is 12.0 Å². The zero-order chi connectivity index (χ0) is 21.7. The average molecular weight is 422 g/mol. The largest absolute Gasteiger partial charge is 0.443 e. The molecule has 11 heteroatoms. The Kier molecular flexibility index (Phi) is 4.69. The predicted molar refractivity (Wildman–Crippen MR) is 113 cm³/mol. The molecule has 0 amide bonds. The number of hydrogen-bond donors (Lipinski definition) is 1. The van der Waals surface area contributed by atoms with Crippen molar-refractivity contribution in [2.45, 2.75) is 52.6 Å². The first kappa shape index (κ1) is 19.6. The maximum atomic E-state index is 6.13. The lowest BCUT2D eigenvalue weighted by Crippen LogP contribution is -2.35. The number of nitrogens with zero attached hydrogens (tertiary/aromatic N) is 9. The number of nitrogens with two attached hydrogens (primary N) is 1. The zero-order valence-corrected chi connectivity index (χ0v) is 18.1. The molecule has 4 aromatic rings. The van der Waals surface area contributed by atoms with E-state index < -0.39 is 0 Å². The molecule has 5 rings (SSSR count). The lowest BCUT2D eigenvalue weighted by molar-refractivity contribution is 0.228. The molecule has 2 N–H and O–H groups in total. The third-order valence-electron chi connectivity index (χ3n) is 5.74. The molecule has 0 radical (unpaired) electrons. The molecule has 0 fully saturated rings. The summed E-state index contributed by atoms with van der Waals surface area (Å²) in [6, 6.07) is 0.316. The quantitative estimate of drug-likeness (QED) is 0.513. The molecule has 0 bridgehead atoms. The molecule has 0 aromatic carbocycles. The molecule has 162 valence electrons. The summed E-state index contributed by atoms with van der Waals surface area (Å²) >= 11 is 0. The van der Waals surface area contributed by atoms with Gasteiger partial charge in [0.15, 0.2) is 11.5 Å². The Bertz CT molecular complexity index is 1220. The van der Waals surface area contributed by atoms with Gasteiger partial charge in [-0.25, -0.2) is 19.6 Å². The summed E-state index contributed by atoms with van der Waals surface area (Å²) in [5.41, 5.74) is 10.5. The first-order valence-corrected chi connectivity index (χ1v) is 10.5. The van der Waals surface area contributed by atoms with Crippen LogP contribution in [-0.2, 0) is 13.0 Å². The van der Waals surface area contributed by atoms with Crippen LogP contribution < -0.4 is 5.73 Å². The molecule has 4 aromatic heterocycles. The van der Waals surface area contributed by atoms with Crippen molar-refractivity contribution in [3.05, 3.63) is 35.2 Å². The predicted octanol–water partition coefficient (Wildman–Crippen LogP) is 2.00. The van der Waals surface area contributed by atoms with E-state index in [4.69, 9.17) is 15.1 Å². The molecule has 0 saturated carbocycles. The maximum absolute atomic E-state index is 6.13. The monoisotopic (exact) mass is 422 g/mol. The van der Waals surface area contributed by atoms with E-state index >= 15 is 0 Å². The fourth-order valence-electron chi connectivity index (χ4n) is 4.28. The molecule has 1 unspecified atom stereocenters. The van der Waals surface area contributed by atoms with E-state index in [0.717, 1.165) is 36.7 Å². The third-order valence-corrected chi connectivity index (χ3v) is 5.74. The van der Waals surface area contributed by atoms with Crippen LogP contribution in [0.25, 0.3) is 17.2 Å². The van der Waals surface area contributed by atoms with Gasteiger partial charge in [0.1, 0.15) is 17.7 Å². The van der Waals surface area contributed by atoms with Crippen molar-refractivity contribution in [3.63, 3.8) is 0 Å². The molecule has 31 heavy (non-hydrogen) atoms. The molecule has 0 aliphatic carbocycles. The molecule has 0 spiro atoms.